The summed E-state index contributed by atoms with van der Waals surface area (Å²) in [6.45, 7) is 4.51. The lowest BCUT2D eigenvalue weighted by atomic mass is 10.0. The molecule has 3 atom stereocenters. The van der Waals surface area contributed by atoms with Gasteiger partial charge in [0.05, 0.1) is 19.8 Å². The number of carbonyl (C=O) groups is 3. The Kier molecular flexibility index (Phi) is 54.2. The lowest BCUT2D eigenvalue weighted by molar-refractivity contribution is -0.161. The second kappa shape index (κ2) is 56.4. The molecule has 0 aliphatic heterocycles. The van der Waals surface area contributed by atoms with Crippen LogP contribution in [0.2, 0.25) is 0 Å². The van der Waals surface area contributed by atoms with E-state index in [1.165, 1.54) is 109 Å². The first-order valence-electron chi connectivity index (χ1n) is 30.2. The molecule has 0 amide bonds. The van der Waals surface area contributed by atoms with Gasteiger partial charge in [-0.25, -0.2) is 4.57 Å². The number of aliphatic hydroxyl groups excluding tert-OH is 1. The Bertz CT molecular complexity index is 1470. The summed E-state index contributed by atoms with van der Waals surface area (Å²) in [4.78, 5) is 48.6. The molecule has 430 valence electrons. The van der Waals surface area contributed by atoms with E-state index in [4.69, 9.17) is 23.3 Å². The summed E-state index contributed by atoms with van der Waals surface area (Å²) in [5, 5.41) is 9.81. The zero-order chi connectivity index (χ0) is 54.1. The van der Waals surface area contributed by atoms with Gasteiger partial charge in [-0.15, -0.1) is 0 Å². The van der Waals surface area contributed by atoms with Crippen molar-refractivity contribution in [1.29, 1.82) is 0 Å². The SMILES string of the molecule is CC/C=C\C/C=C\C/C=C\C/C=C\CCCCCCC(=O)OC(COC(=O)CCCCCCCCCCCCCCCCCCC)COP(=O)(O)OCC(CO)OC(=O)CCCCCCC/C=C\CCCCCC. The summed E-state index contributed by atoms with van der Waals surface area (Å²) in [7, 11) is -4.76. The number of hydrogen-bond donors (Lipinski definition) is 2. The summed E-state index contributed by atoms with van der Waals surface area (Å²) in [5.74, 6) is -1.49. The number of allylic oxidation sites excluding steroid dienone is 10. The smallest absolute Gasteiger partial charge is 0.462 e. The molecule has 74 heavy (non-hydrogen) atoms. The molecule has 0 aliphatic carbocycles. The molecule has 11 nitrogen and oxygen atoms in total. The van der Waals surface area contributed by atoms with Gasteiger partial charge in [-0.05, 0) is 83.5 Å². The minimum Gasteiger partial charge on any atom is -0.462 e. The Morgan fingerprint density at radius 1 is 0.392 bits per heavy atom. The van der Waals surface area contributed by atoms with Gasteiger partial charge in [0.25, 0.3) is 0 Å². The Balaban J connectivity index is 4.74. The van der Waals surface area contributed by atoms with Crippen LogP contribution in [0.1, 0.15) is 278 Å². The molecule has 0 aromatic carbocycles. The van der Waals surface area contributed by atoms with Crippen molar-refractivity contribution in [2.24, 2.45) is 0 Å². The molecule has 3 unspecified atom stereocenters. The minimum absolute atomic E-state index is 0.140. The summed E-state index contributed by atoms with van der Waals surface area (Å²) in [5.41, 5.74) is 0. The van der Waals surface area contributed by atoms with Gasteiger partial charge in [0.2, 0.25) is 0 Å². The fraction of sp³-hybridized carbons (Fsp3) is 0.790. The van der Waals surface area contributed by atoms with Gasteiger partial charge in [-0.2, -0.15) is 0 Å². The molecule has 2 N–H and O–H groups in total. The van der Waals surface area contributed by atoms with Gasteiger partial charge in [-0.3, -0.25) is 23.4 Å². The maximum absolute atomic E-state index is 12.9. The number of phosphoric acid groups is 1. The van der Waals surface area contributed by atoms with Crippen LogP contribution in [0.25, 0.3) is 0 Å². The Hall–Kier alpha value is -2.82. The maximum Gasteiger partial charge on any atom is 0.472 e. The Labute approximate surface area is 453 Å². The van der Waals surface area contributed by atoms with Crippen LogP contribution in [0.5, 0.6) is 0 Å². The molecule has 0 aromatic rings. The highest BCUT2D eigenvalue weighted by atomic mass is 31.2. The lowest BCUT2D eigenvalue weighted by Gasteiger charge is -2.21. The largest absolute Gasteiger partial charge is 0.472 e. The van der Waals surface area contributed by atoms with Crippen LogP contribution < -0.4 is 0 Å². The average molecular weight is 1060 g/mol. The number of esters is 3. The normalized spacial score (nSPS) is 13.7. The van der Waals surface area contributed by atoms with E-state index in [1.54, 1.807) is 0 Å². The maximum atomic E-state index is 12.9. The number of aliphatic hydroxyl groups is 1. The van der Waals surface area contributed by atoms with Crippen molar-refractivity contribution in [2.45, 2.75) is 290 Å². The zero-order valence-corrected chi connectivity index (χ0v) is 48.5. The van der Waals surface area contributed by atoms with E-state index in [-0.39, 0.29) is 25.9 Å². The molecule has 0 rings (SSSR count). The van der Waals surface area contributed by atoms with Gasteiger partial charge in [-0.1, -0.05) is 236 Å². The fourth-order valence-electron chi connectivity index (χ4n) is 8.34. The Morgan fingerprint density at radius 3 is 1.11 bits per heavy atom. The van der Waals surface area contributed by atoms with Crippen molar-refractivity contribution >= 4 is 25.7 Å². The first kappa shape index (κ1) is 71.2. The molecule has 0 aliphatic rings. The minimum atomic E-state index is -4.76. The summed E-state index contributed by atoms with van der Waals surface area (Å²) < 4.78 is 39.6. The first-order valence-corrected chi connectivity index (χ1v) is 31.7. The van der Waals surface area contributed by atoms with E-state index in [0.717, 1.165) is 109 Å². The average Bonchev–Trinajstić information content (AvgIpc) is 3.39. The molecule has 0 radical (unpaired) electrons. The predicted molar refractivity (Wildman–Crippen MR) is 307 cm³/mol. The van der Waals surface area contributed by atoms with Gasteiger partial charge >= 0.3 is 25.7 Å². The van der Waals surface area contributed by atoms with Gasteiger partial charge in [0.15, 0.2) is 6.10 Å². The van der Waals surface area contributed by atoms with Crippen molar-refractivity contribution in [3.8, 4) is 0 Å². The van der Waals surface area contributed by atoms with Crippen LogP contribution in [0.15, 0.2) is 60.8 Å². The fourth-order valence-corrected chi connectivity index (χ4v) is 9.13. The van der Waals surface area contributed by atoms with E-state index in [2.05, 4.69) is 81.5 Å². The number of phosphoric ester groups is 1. The van der Waals surface area contributed by atoms with Crippen LogP contribution in [0.3, 0.4) is 0 Å². The van der Waals surface area contributed by atoms with Crippen molar-refractivity contribution in [2.75, 3.05) is 26.4 Å². The summed E-state index contributed by atoms with van der Waals surface area (Å²) in [6, 6.07) is 0. The monoisotopic (exact) mass is 1060 g/mol. The molecule has 0 aromatic heterocycles. The molecule has 0 bridgehead atoms. The molecule has 0 heterocycles. The van der Waals surface area contributed by atoms with Crippen LogP contribution in [-0.4, -0.2) is 66.5 Å². The number of ether oxygens (including phenoxy) is 3. The van der Waals surface area contributed by atoms with Gasteiger partial charge in [0, 0.05) is 19.3 Å². The number of rotatable bonds is 56. The lowest BCUT2D eigenvalue weighted by Crippen LogP contribution is -2.30. The summed E-state index contributed by atoms with van der Waals surface area (Å²) >= 11 is 0. The highest BCUT2D eigenvalue weighted by Crippen LogP contribution is 2.43. The van der Waals surface area contributed by atoms with E-state index >= 15 is 0 Å². The molecular formula is C62H111O11P. The third-order valence-corrected chi connectivity index (χ3v) is 13.9. The van der Waals surface area contributed by atoms with Crippen LogP contribution >= 0.6 is 7.82 Å². The van der Waals surface area contributed by atoms with Crippen LogP contribution in [0.4, 0.5) is 0 Å². The second-order valence-corrected chi connectivity index (χ2v) is 21.6. The topological polar surface area (TPSA) is 155 Å². The predicted octanol–water partition coefficient (Wildman–Crippen LogP) is 17.9. The highest BCUT2D eigenvalue weighted by Gasteiger charge is 2.28. The van der Waals surface area contributed by atoms with Gasteiger partial charge in [0.1, 0.15) is 12.7 Å². The third kappa shape index (κ3) is 54.0. The first-order chi connectivity index (χ1) is 36.2. The molecule has 12 heteroatoms. The van der Waals surface area contributed by atoms with Crippen LogP contribution in [-0.2, 0) is 42.2 Å². The quantitative estimate of drug-likeness (QED) is 0.0197. The second-order valence-electron chi connectivity index (χ2n) is 20.1. The summed E-state index contributed by atoms with van der Waals surface area (Å²) in [6.07, 6.45) is 61.7. The van der Waals surface area contributed by atoms with E-state index < -0.39 is 57.8 Å². The molecule has 0 spiro atoms. The third-order valence-electron chi connectivity index (χ3n) is 12.9. The molecular weight excluding hydrogens is 952 g/mol. The Morgan fingerprint density at radius 2 is 0.703 bits per heavy atom. The number of hydrogen-bond acceptors (Lipinski definition) is 10. The van der Waals surface area contributed by atoms with Crippen molar-refractivity contribution in [3.63, 3.8) is 0 Å². The molecule has 0 saturated carbocycles. The number of carbonyl (C=O) groups excluding carboxylic acids is 3. The van der Waals surface area contributed by atoms with E-state index in [1.807, 2.05) is 0 Å². The van der Waals surface area contributed by atoms with E-state index in [0.29, 0.717) is 19.3 Å². The van der Waals surface area contributed by atoms with Crippen molar-refractivity contribution < 1.29 is 52.2 Å². The standard InChI is InChI=1S/C62H111O11P/c1-4-7-10-13-16-19-22-25-27-29-31-34-36-39-42-45-48-51-60(64)69-55-59(73-62(66)53-50-47-44-41-38-35-32-30-28-26-23-20-17-14-11-8-5-2)57-71-74(67,68)70-56-58(54-63)72-61(65)52-49-46-43-40-37-33-24-21-18-15-12-9-6-3/h8,11,17,20-21,24,26,28,32,35,58-59,63H,4-7,9-10,12-16,18-19,22-23,25,27,29-31,33-34,36-57H2,1-3H3,(H,67,68)/b11-8-,20-17-,24-21-,28-26-,35-32-. The van der Waals surface area contributed by atoms with Gasteiger partial charge < -0.3 is 24.2 Å². The molecule has 0 fully saturated rings. The number of unbranched alkanes of at least 4 members (excludes halogenated alkanes) is 29. The highest BCUT2D eigenvalue weighted by molar-refractivity contribution is 7.47. The van der Waals surface area contributed by atoms with E-state index in [9.17, 15) is 28.9 Å². The van der Waals surface area contributed by atoms with Crippen molar-refractivity contribution in [1.82, 2.24) is 0 Å². The molecule has 0 saturated heterocycles. The van der Waals surface area contributed by atoms with Crippen molar-refractivity contribution in [3.05, 3.63) is 60.8 Å². The zero-order valence-electron chi connectivity index (χ0n) is 47.6. The van der Waals surface area contributed by atoms with Crippen LogP contribution in [0, 0.1) is 0 Å².